The number of carboxylic acid groups (broad SMARTS) is 1. The molecule has 1 aliphatic rings. The van der Waals surface area contributed by atoms with Gasteiger partial charge >= 0.3 is 6.09 Å². The summed E-state index contributed by atoms with van der Waals surface area (Å²) in [6.07, 6.45) is -0.175. The molecule has 0 unspecified atom stereocenters. The monoisotopic (exact) mass is 236 g/mol. The van der Waals surface area contributed by atoms with Crippen molar-refractivity contribution in [3.8, 4) is 0 Å². The highest BCUT2D eigenvalue weighted by Gasteiger charge is 2.28. The van der Waals surface area contributed by atoms with Crippen LogP contribution in [-0.2, 0) is 0 Å². The second-order valence-corrected chi connectivity index (χ2v) is 3.66. The largest absolute Gasteiger partial charge is 0.465 e. The summed E-state index contributed by atoms with van der Waals surface area (Å²) >= 11 is 0. The number of amides is 1. The molecule has 1 fully saturated rings. The molecule has 0 saturated carbocycles. The third kappa shape index (κ3) is 3.83. The van der Waals surface area contributed by atoms with Gasteiger partial charge in [-0.3, -0.25) is 5.41 Å². The molecule has 0 aromatic heterocycles. The third-order valence-corrected chi connectivity index (χ3v) is 2.52. The SMILES string of the molecule is C[C@@H]1CN(C(=O)O)CC[C@@H]1NC(=N)N.Cl. The number of piperidine rings is 1. The van der Waals surface area contributed by atoms with Gasteiger partial charge in [-0.15, -0.1) is 12.4 Å². The number of rotatable bonds is 1. The number of guanidine groups is 1. The van der Waals surface area contributed by atoms with Crippen molar-refractivity contribution in [3.63, 3.8) is 0 Å². The van der Waals surface area contributed by atoms with Crippen molar-refractivity contribution in [2.45, 2.75) is 19.4 Å². The summed E-state index contributed by atoms with van der Waals surface area (Å²) in [5.41, 5.74) is 5.22. The van der Waals surface area contributed by atoms with Crippen LogP contribution >= 0.6 is 12.4 Å². The smallest absolute Gasteiger partial charge is 0.407 e. The average Bonchev–Trinajstić information content (AvgIpc) is 2.07. The standard InChI is InChI=1S/C8H16N4O2.ClH/c1-5-4-12(8(13)14)3-2-6(5)11-7(9)10;/h5-6H,2-4H2,1H3,(H,13,14)(H4,9,10,11);1H/t5-,6+;/m1./s1. The highest BCUT2D eigenvalue weighted by atomic mass is 35.5. The van der Waals surface area contributed by atoms with Crippen LogP contribution in [0.5, 0.6) is 0 Å². The lowest BCUT2D eigenvalue weighted by Crippen LogP contribution is -2.52. The molecule has 0 spiro atoms. The van der Waals surface area contributed by atoms with E-state index < -0.39 is 6.09 Å². The summed E-state index contributed by atoms with van der Waals surface area (Å²) < 4.78 is 0. The minimum Gasteiger partial charge on any atom is -0.465 e. The van der Waals surface area contributed by atoms with Gasteiger partial charge in [-0.2, -0.15) is 0 Å². The van der Waals surface area contributed by atoms with Gasteiger partial charge in [0.1, 0.15) is 0 Å². The van der Waals surface area contributed by atoms with Crippen LogP contribution in [0.2, 0.25) is 0 Å². The summed E-state index contributed by atoms with van der Waals surface area (Å²) in [5, 5.41) is 18.7. The zero-order valence-corrected chi connectivity index (χ0v) is 9.38. The van der Waals surface area contributed by atoms with Gasteiger partial charge < -0.3 is 21.1 Å². The molecule has 2 atom stereocenters. The van der Waals surface area contributed by atoms with Crippen LogP contribution in [0, 0.1) is 11.3 Å². The van der Waals surface area contributed by atoms with Crippen LogP contribution in [0.15, 0.2) is 0 Å². The van der Waals surface area contributed by atoms with Gasteiger partial charge in [-0.05, 0) is 12.3 Å². The second-order valence-electron chi connectivity index (χ2n) is 3.66. The molecule has 0 radical (unpaired) electrons. The Morgan fingerprint density at radius 1 is 1.67 bits per heavy atom. The number of halogens is 1. The quantitative estimate of drug-likeness (QED) is 0.388. The first kappa shape index (κ1) is 13.8. The van der Waals surface area contributed by atoms with Crippen LogP contribution in [-0.4, -0.2) is 41.2 Å². The highest BCUT2D eigenvalue weighted by Crippen LogP contribution is 2.16. The van der Waals surface area contributed by atoms with E-state index in [0.29, 0.717) is 19.5 Å². The van der Waals surface area contributed by atoms with Gasteiger partial charge in [0.15, 0.2) is 5.96 Å². The topological polar surface area (TPSA) is 102 Å². The predicted molar refractivity (Wildman–Crippen MR) is 59.5 cm³/mol. The Kier molecular flexibility index (Phi) is 5.21. The Bertz CT molecular complexity index is 249. The van der Waals surface area contributed by atoms with Gasteiger partial charge in [0, 0.05) is 19.1 Å². The first-order chi connectivity index (χ1) is 6.50. The third-order valence-electron chi connectivity index (χ3n) is 2.52. The molecule has 88 valence electrons. The van der Waals surface area contributed by atoms with E-state index in [1.807, 2.05) is 6.92 Å². The van der Waals surface area contributed by atoms with E-state index in [0.717, 1.165) is 0 Å². The Morgan fingerprint density at radius 2 is 2.27 bits per heavy atom. The number of likely N-dealkylation sites (tertiary alicyclic amines) is 1. The molecule has 0 aromatic rings. The number of carbonyl (C=O) groups is 1. The maximum absolute atomic E-state index is 10.7. The average molecular weight is 237 g/mol. The van der Waals surface area contributed by atoms with Crippen molar-refractivity contribution >= 4 is 24.5 Å². The van der Waals surface area contributed by atoms with Crippen molar-refractivity contribution in [1.82, 2.24) is 10.2 Å². The molecule has 0 aromatic carbocycles. The molecule has 15 heavy (non-hydrogen) atoms. The molecule has 1 rings (SSSR count). The van der Waals surface area contributed by atoms with Crippen LogP contribution in [0.3, 0.4) is 0 Å². The summed E-state index contributed by atoms with van der Waals surface area (Å²) in [6, 6.07) is 0.114. The fourth-order valence-electron chi connectivity index (χ4n) is 1.73. The zero-order chi connectivity index (χ0) is 10.7. The number of hydrogen-bond acceptors (Lipinski definition) is 2. The van der Waals surface area contributed by atoms with Gasteiger partial charge in [-0.1, -0.05) is 6.92 Å². The Hall–Kier alpha value is -1.17. The molecule has 1 aliphatic heterocycles. The summed E-state index contributed by atoms with van der Waals surface area (Å²) in [5.74, 6) is 0.134. The number of hydrogen-bond donors (Lipinski definition) is 4. The van der Waals surface area contributed by atoms with Gasteiger partial charge in [-0.25, -0.2) is 4.79 Å². The lowest BCUT2D eigenvalue weighted by Gasteiger charge is -2.35. The molecule has 0 aliphatic carbocycles. The summed E-state index contributed by atoms with van der Waals surface area (Å²) in [7, 11) is 0. The van der Waals surface area contributed by atoms with Crippen LogP contribution in [0.1, 0.15) is 13.3 Å². The molecule has 1 amide bonds. The maximum atomic E-state index is 10.7. The van der Waals surface area contributed by atoms with Crippen molar-refractivity contribution in [1.29, 1.82) is 5.41 Å². The van der Waals surface area contributed by atoms with E-state index in [-0.39, 0.29) is 30.3 Å². The molecule has 5 N–H and O–H groups in total. The van der Waals surface area contributed by atoms with E-state index >= 15 is 0 Å². The molecule has 6 nitrogen and oxygen atoms in total. The van der Waals surface area contributed by atoms with Crippen LogP contribution in [0.25, 0.3) is 0 Å². The Balaban J connectivity index is 0.00000196. The first-order valence-electron chi connectivity index (χ1n) is 4.59. The van der Waals surface area contributed by atoms with Crippen LogP contribution < -0.4 is 11.1 Å². The lowest BCUT2D eigenvalue weighted by molar-refractivity contribution is 0.114. The molecule has 7 heteroatoms. The molecular weight excluding hydrogens is 220 g/mol. The fraction of sp³-hybridized carbons (Fsp3) is 0.750. The fourth-order valence-corrected chi connectivity index (χ4v) is 1.73. The first-order valence-corrected chi connectivity index (χ1v) is 4.59. The molecule has 1 heterocycles. The van der Waals surface area contributed by atoms with Gasteiger partial charge in [0.25, 0.3) is 0 Å². The predicted octanol–water partition coefficient (Wildman–Crippen LogP) is 0.280. The number of nitrogens with zero attached hydrogens (tertiary/aromatic N) is 1. The van der Waals surface area contributed by atoms with Crippen molar-refractivity contribution in [2.24, 2.45) is 11.7 Å². The lowest BCUT2D eigenvalue weighted by atomic mass is 9.94. The summed E-state index contributed by atoms with van der Waals surface area (Å²) in [4.78, 5) is 12.1. The number of nitrogens with two attached hydrogens (primary N) is 1. The van der Waals surface area contributed by atoms with E-state index in [4.69, 9.17) is 16.2 Å². The van der Waals surface area contributed by atoms with Gasteiger partial charge in [0.2, 0.25) is 0 Å². The molecule has 0 bridgehead atoms. The van der Waals surface area contributed by atoms with Crippen molar-refractivity contribution in [2.75, 3.05) is 13.1 Å². The second kappa shape index (κ2) is 5.65. The van der Waals surface area contributed by atoms with Crippen molar-refractivity contribution in [3.05, 3.63) is 0 Å². The van der Waals surface area contributed by atoms with Crippen LogP contribution in [0.4, 0.5) is 4.79 Å². The van der Waals surface area contributed by atoms with E-state index in [2.05, 4.69) is 5.32 Å². The van der Waals surface area contributed by atoms with Gasteiger partial charge in [0.05, 0.1) is 0 Å². The maximum Gasteiger partial charge on any atom is 0.407 e. The molecular formula is C8H17ClN4O2. The molecule has 1 saturated heterocycles. The Labute approximate surface area is 94.7 Å². The highest BCUT2D eigenvalue weighted by molar-refractivity contribution is 5.85. The van der Waals surface area contributed by atoms with E-state index in [1.165, 1.54) is 4.90 Å². The summed E-state index contributed by atoms with van der Waals surface area (Å²) in [6.45, 7) is 2.96. The minimum absolute atomic E-state index is 0. The Morgan fingerprint density at radius 3 is 2.67 bits per heavy atom. The zero-order valence-electron chi connectivity index (χ0n) is 8.56. The normalized spacial score (nSPS) is 25.3. The van der Waals surface area contributed by atoms with E-state index in [1.54, 1.807) is 0 Å². The number of nitrogens with one attached hydrogen (secondary N) is 2. The van der Waals surface area contributed by atoms with E-state index in [9.17, 15) is 4.79 Å². The minimum atomic E-state index is -0.877. The van der Waals surface area contributed by atoms with Crippen molar-refractivity contribution < 1.29 is 9.90 Å².